The third kappa shape index (κ3) is 8.49. The Labute approximate surface area is 250 Å². The molecule has 1 aliphatic rings. The number of benzene rings is 2. The van der Waals surface area contributed by atoms with Crippen LogP contribution >= 0.6 is 32.8 Å². The summed E-state index contributed by atoms with van der Waals surface area (Å²) in [6.07, 6.45) is 19.3. The first kappa shape index (κ1) is 30.4. The fourth-order valence-electron chi connectivity index (χ4n) is 5.49. The van der Waals surface area contributed by atoms with Crippen LogP contribution in [0.5, 0.6) is 0 Å². The summed E-state index contributed by atoms with van der Waals surface area (Å²) in [7, 11) is -0.522. The minimum absolute atomic E-state index is 0.522. The molecule has 1 atom stereocenters. The van der Waals surface area contributed by atoms with Crippen molar-refractivity contribution in [3.05, 3.63) is 94.4 Å². The van der Waals surface area contributed by atoms with E-state index in [0.29, 0.717) is 0 Å². The molecule has 0 spiro atoms. The first-order chi connectivity index (χ1) is 18.9. The standard InChI is InChI=1S/C35H47ClS2Si/c1-5-7-8-9-10-11-12-13-15-29-16-20-30(21-17-29)32-24-25-33(37-32)35-27-26-34(38(35)39(3,4)36)31-22-18-28(14-6-2)19-23-31/h16-27,38H,5-15H2,1-4H3. The molecule has 0 fully saturated rings. The van der Waals surface area contributed by atoms with Crippen molar-refractivity contribution in [1.82, 2.24) is 0 Å². The van der Waals surface area contributed by atoms with Gasteiger partial charge in [-0.05, 0) is 83.8 Å². The quantitative estimate of drug-likeness (QED) is 0.0769. The summed E-state index contributed by atoms with van der Waals surface area (Å²) in [5, 5.41) is 0. The van der Waals surface area contributed by atoms with E-state index in [1.165, 1.54) is 106 Å². The molecule has 0 N–H and O–H groups in total. The van der Waals surface area contributed by atoms with Gasteiger partial charge in [-0.2, -0.15) is 21.4 Å². The van der Waals surface area contributed by atoms with Gasteiger partial charge in [-0.1, -0.05) is 114 Å². The van der Waals surface area contributed by atoms with Gasteiger partial charge in [-0.25, -0.2) is 0 Å². The molecular formula is C35H47ClS2Si. The Morgan fingerprint density at radius 1 is 0.590 bits per heavy atom. The number of thiol groups is 1. The van der Waals surface area contributed by atoms with E-state index in [-0.39, 0.29) is 0 Å². The number of rotatable bonds is 15. The van der Waals surface area contributed by atoms with Crippen LogP contribution in [0.4, 0.5) is 0 Å². The van der Waals surface area contributed by atoms with Crippen LogP contribution in [-0.4, -0.2) is 6.53 Å². The normalized spacial score (nSPS) is 16.4. The van der Waals surface area contributed by atoms with Crippen LogP contribution in [0.3, 0.4) is 0 Å². The van der Waals surface area contributed by atoms with Crippen LogP contribution in [0.25, 0.3) is 20.3 Å². The second-order valence-corrected chi connectivity index (χ2v) is 25.2. The summed E-state index contributed by atoms with van der Waals surface area (Å²) in [5.41, 5.74) is 5.57. The van der Waals surface area contributed by atoms with E-state index in [1.807, 2.05) is 11.3 Å². The fourth-order valence-corrected chi connectivity index (χ4v) is 15.9. The molecule has 0 saturated heterocycles. The number of unbranched alkanes of at least 4 members (excludes halogenated alkanes) is 7. The van der Waals surface area contributed by atoms with Gasteiger partial charge in [0.15, 0.2) is 6.53 Å². The Morgan fingerprint density at radius 3 is 1.74 bits per heavy atom. The van der Waals surface area contributed by atoms with Crippen LogP contribution in [0.1, 0.15) is 93.2 Å². The summed E-state index contributed by atoms with van der Waals surface area (Å²) < 4.78 is 0. The van der Waals surface area contributed by atoms with E-state index in [1.54, 1.807) is 0 Å². The van der Waals surface area contributed by atoms with E-state index >= 15 is 0 Å². The van der Waals surface area contributed by atoms with Gasteiger partial charge in [0, 0.05) is 14.7 Å². The predicted molar refractivity (Wildman–Crippen MR) is 185 cm³/mol. The average molecular weight is 595 g/mol. The van der Waals surface area contributed by atoms with E-state index in [0.717, 1.165) is 6.42 Å². The van der Waals surface area contributed by atoms with E-state index in [9.17, 15) is 0 Å². The van der Waals surface area contributed by atoms with Gasteiger partial charge >= 0.3 is 0 Å². The molecule has 0 radical (unpaired) electrons. The highest BCUT2D eigenvalue weighted by atomic mass is 35.6. The maximum atomic E-state index is 7.23. The number of halogens is 1. The molecule has 39 heavy (non-hydrogen) atoms. The van der Waals surface area contributed by atoms with Gasteiger partial charge in [-0.15, -0.1) is 11.3 Å². The van der Waals surface area contributed by atoms with E-state index in [4.69, 9.17) is 11.1 Å². The molecule has 0 amide bonds. The highest BCUT2D eigenvalue weighted by Crippen LogP contribution is 2.64. The van der Waals surface area contributed by atoms with Gasteiger partial charge in [0.25, 0.3) is 0 Å². The Morgan fingerprint density at radius 2 is 1.13 bits per heavy atom. The summed E-state index contributed by atoms with van der Waals surface area (Å²) in [5.74, 6) is 0. The van der Waals surface area contributed by atoms with Crippen molar-refractivity contribution in [2.45, 2.75) is 97.6 Å². The second-order valence-electron chi connectivity index (χ2n) is 11.4. The minimum Gasteiger partial charge on any atom is -0.197 e. The summed E-state index contributed by atoms with van der Waals surface area (Å²) in [6, 6.07) is 23.2. The predicted octanol–water partition coefficient (Wildman–Crippen LogP) is 12.4. The Kier molecular flexibility index (Phi) is 11.6. The monoisotopic (exact) mass is 594 g/mol. The molecule has 4 rings (SSSR count). The van der Waals surface area contributed by atoms with Crippen molar-refractivity contribution in [2.24, 2.45) is 0 Å². The first-order valence-corrected chi connectivity index (χ1v) is 22.1. The lowest BCUT2D eigenvalue weighted by atomic mass is 10.0. The van der Waals surface area contributed by atoms with Gasteiger partial charge in [-0.3, -0.25) is 0 Å². The molecular weight excluding hydrogens is 548 g/mol. The highest BCUT2D eigenvalue weighted by molar-refractivity contribution is 8.58. The van der Waals surface area contributed by atoms with E-state index in [2.05, 4.69) is 99.8 Å². The molecule has 1 aromatic heterocycles. The molecule has 0 aliphatic carbocycles. The molecule has 0 saturated carbocycles. The van der Waals surface area contributed by atoms with Crippen molar-refractivity contribution in [3.8, 4) is 10.4 Å². The zero-order valence-electron chi connectivity index (χ0n) is 24.4. The van der Waals surface area contributed by atoms with Crippen LogP contribution < -0.4 is 0 Å². The smallest absolute Gasteiger partial charge is 0.197 e. The Bertz CT molecular complexity index is 1230. The topological polar surface area (TPSA) is 0 Å². The van der Waals surface area contributed by atoms with Gasteiger partial charge in [0.05, 0.1) is 0 Å². The van der Waals surface area contributed by atoms with Gasteiger partial charge in [0.2, 0.25) is 0 Å². The zero-order chi connectivity index (χ0) is 27.7. The first-order valence-electron chi connectivity index (χ1n) is 15.1. The van der Waals surface area contributed by atoms with Crippen LogP contribution in [0.15, 0.2) is 72.8 Å². The highest BCUT2D eigenvalue weighted by Gasteiger charge is 2.36. The van der Waals surface area contributed by atoms with Crippen LogP contribution in [-0.2, 0) is 12.8 Å². The Hall–Kier alpha value is -1.52. The SMILES string of the molecule is CCCCCCCCCCc1ccc(-c2ccc(C3=CC=C(c4ccc(CCC)cc4)[SH]3[Si](C)(C)Cl)s2)cc1. The van der Waals surface area contributed by atoms with Crippen molar-refractivity contribution in [2.75, 3.05) is 0 Å². The lowest BCUT2D eigenvalue weighted by molar-refractivity contribution is 0.575. The maximum Gasteiger partial charge on any atom is 0.199 e. The average Bonchev–Trinajstić information content (AvgIpc) is 3.59. The summed E-state index contributed by atoms with van der Waals surface area (Å²) >= 11 is 9.16. The molecule has 1 unspecified atom stereocenters. The van der Waals surface area contributed by atoms with Crippen molar-refractivity contribution in [1.29, 1.82) is 0 Å². The van der Waals surface area contributed by atoms with Crippen molar-refractivity contribution < 1.29 is 0 Å². The van der Waals surface area contributed by atoms with Crippen LogP contribution in [0, 0.1) is 0 Å². The number of hydrogen-bond acceptors (Lipinski definition) is 1. The third-order valence-electron chi connectivity index (χ3n) is 7.62. The number of thiophene rings is 1. The molecule has 0 bridgehead atoms. The maximum absolute atomic E-state index is 7.23. The fraction of sp³-hybridized carbons (Fsp3) is 0.429. The zero-order valence-corrected chi connectivity index (χ0v) is 27.9. The van der Waals surface area contributed by atoms with E-state index < -0.39 is 16.9 Å². The largest absolute Gasteiger partial charge is 0.199 e. The van der Waals surface area contributed by atoms with Crippen LogP contribution in [0.2, 0.25) is 13.1 Å². The number of hydrogen-bond donors (Lipinski definition) is 1. The molecule has 2 heterocycles. The molecule has 0 nitrogen and oxygen atoms in total. The number of aryl methyl sites for hydroxylation is 2. The molecule has 4 heteroatoms. The molecule has 2 aromatic carbocycles. The number of allylic oxidation sites excluding steroid dienone is 2. The van der Waals surface area contributed by atoms with Gasteiger partial charge in [0.1, 0.15) is 0 Å². The molecule has 210 valence electrons. The second kappa shape index (κ2) is 14.9. The molecule has 3 aromatic rings. The lowest BCUT2D eigenvalue weighted by Crippen LogP contribution is -2.17. The third-order valence-corrected chi connectivity index (χ3v) is 17.9. The summed E-state index contributed by atoms with van der Waals surface area (Å²) in [6.45, 7) is 7.22. The summed E-state index contributed by atoms with van der Waals surface area (Å²) in [4.78, 5) is 5.65. The van der Waals surface area contributed by atoms with Gasteiger partial charge < -0.3 is 0 Å². The van der Waals surface area contributed by atoms with Crippen molar-refractivity contribution in [3.63, 3.8) is 0 Å². The molecule has 1 aliphatic heterocycles. The lowest BCUT2D eigenvalue weighted by Gasteiger charge is -2.32. The Balaban J connectivity index is 1.37. The van der Waals surface area contributed by atoms with Crippen molar-refractivity contribution >= 4 is 49.1 Å². The minimum atomic E-state index is -1.94.